The van der Waals surface area contributed by atoms with Crippen molar-refractivity contribution in [1.29, 1.82) is 0 Å². The molecule has 2 N–H and O–H groups in total. The van der Waals surface area contributed by atoms with E-state index in [2.05, 4.69) is 0 Å². The Labute approximate surface area is 71.4 Å². The van der Waals surface area contributed by atoms with Gasteiger partial charge in [0, 0.05) is 0 Å². The monoisotopic (exact) mass is 185 g/mol. The molecule has 0 amide bonds. The lowest BCUT2D eigenvalue weighted by Crippen LogP contribution is -2.21. The molecule has 0 saturated heterocycles. The van der Waals surface area contributed by atoms with Crippen LogP contribution < -0.4 is 10.7 Å². The minimum absolute atomic E-state index is 0.114. The van der Waals surface area contributed by atoms with E-state index in [9.17, 15) is 8.42 Å². The molecule has 1 radical (unpaired) electrons. The van der Waals surface area contributed by atoms with Crippen molar-refractivity contribution in [1.82, 2.24) is 10.7 Å². The van der Waals surface area contributed by atoms with Crippen LogP contribution in [0.2, 0.25) is 0 Å². The number of aryl methyl sites for hydroxylation is 1. The van der Waals surface area contributed by atoms with Crippen molar-refractivity contribution >= 4 is 10.0 Å². The Hall–Kier alpha value is -0.910. The smallest absolute Gasteiger partial charge is 0.206 e. The van der Waals surface area contributed by atoms with E-state index in [0.29, 0.717) is 0 Å². The number of hydrogen-bond acceptors (Lipinski definition) is 2. The molecule has 0 atom stereocenters. The molecule has 12 heavy (non-hydrogen) atoms. The molecule has 1 aromatic rings. The van der Waals surface area contributed by atoms with Gasteiger partial charge in [0.1, 0.15) is 0 Å². The van der Waals surface area contributed by atoms with Gasteiger partial charge in [-0.1, -0.05) is 17.7 Å². The molecule has 0 heterocycles. The third kappa shape index (κ3) is 1.82. The average Bonchev–Trinajstić information content (AvgIpc) is 2.05. The summed E-state index contributed by atoms with van der Waals surface area (Å²) in [6.45, 7) is 1.87. The van der Waals surface area contributed by atoms with Gasteiger partial charge in [0.2, 0.25) is 0 Å². The Morgan fingerprint density at radius 3 is 2.17 bits per heavy atom. The fourth-order valence-electron chi connectivity index (χ4n) is 0.776. The highest BCUT2D eigenvalue weighted by atomic mass is 32.2. The Morgan fingerprint density at radius 1 is 1.25 bits per heavy atom. The SMILES string of the molecule is Cc1ccc(S(=O)(=O)N[NH])cc1. The Morgan fingerprint density at radius 2 is 1.75 bits per heavy atom. The van der Waals surface area contributed by atoms with E-state index in [1.165, 1.54) is 17.0 Å². The first-order chi connectivity index (χ1) is 5.56. The lowest BCUT2D eigenvalue weighted by atomic mass is 10.2. The summed E-state index contributed by atoms with van der Waals surface area (Å²) in [5.74, 6) is 6.56. The van der Waals surface area contributed by atoms with Crippen LogP contribution in [0, 0.1) is 6.92 Å². The topological polar surface area (TPSA) is 70.0 Å². The summed E-state index contributed by atoms with van der Waals surface area (Å²) in [7, 11) is -3.60. The summed E-state index contributed by atoms with van der Waals surface area (Å²) >= 11 is 0. The zero-order valence-electron chi connectivity index (χ0n) is 6.53. The minimum Gasteiger partial charge on any atom is -0.206 e. The highest BCUT2D eigenvalue weighted by Crippen LogP contribution is 2.08. The van der Waals surface area contributed by atoms with E-state index in [0.717, 1.165) is 5.56 Å². The maximum atomic E-state index is 11.0. The number of rotatable bonds is 2. The Balaban J connectivity index is 3.14. The summed E-state index contributed by atoms with van der Waals surface area (Å²) in [5, 5.41) is 0. The van der Waals surface area contributed by atoms with Crippen LogP contribution in [0.5, 0.6) is 0 Å². The van der Waals surface area contributed by atoms with Crippen molar-refractivity contribution in [3.63, 3.8) is 0 Å². The summed E-state index contributed by atoms with van der Waals surface area (Å²) in [4.78, 5) is 1.61. The van der Waals surface area contributed by atoms with Gasteiger partial charge in [0.15, 0.2) is 0 Å². The molecule has 0 aliphatic heterocycles. The maximum Gasteiger partial charge on any atom is 0.254 e. The standard InChI is InChI=1S/C7H9N2O2S/c1-6-2-4-7(5-3-6)12(10,11)9-8/h2-5,8-9H,1H3. The molecule has 0 bridgehead atoms. The average molecular weight is 185 g/mol. The second-order valence-electron chi connectivity index (χ2n) is 2.42. The first-order valence-electron chi connectivity index (χ1n) is 3.31. The van der Waals surface area contributed by atoms with Gasteiger partial charge in [-0.2, -0.15) is 5.84 Å². The molecule has 1 aromatic carbocycles. The summed E-state index contributed by atoms with van der Waals surface area (Å²) < 4.78 is 22.0. The van der Waals surface area contributed by atoms with Crippen LogP contribution in [-0.4, -0.2) is 8.42 Å². The number of nitrogens with one attached hydrogen (secondary N) is 2. The van der Waals surface area contributed by atoms with Gasteiger partial charge in [0.05, 0.1) is 4.90 Å². The van der Waals surface area contributed by atoms with Crippen molar-refractivity contribution in [2.45, 2.75) is 11.8 Å². The summed E-state index contributed by atoms with van der Waals surface area (Å²) in [5.41, 5.74) is 0.985. The van der Waals surface area contributed by atoms with E-state index in [-0.39, 0.29) is 4.90 Å². The first kappa shape index (κ1) is 9.18. The molecular weight excluding hydrogens is 176 g/mol. The van der Waals surface area contributed by atoms with Crippen LogP contribution in [0.4, 0.5) is 0 Å². The van der Waals surface area contributed by atoms with Crippen LogP contribution >= 0.6 is 0 Å². The van der Waals surface area contributed by atoms with E-state index in [1.807, 2.05) is 6.92 Å². The largest absolute Gasteiger partial charge is 0.254 e. The van der Waals surface area contributed by atoms with Crippen molar-refractivity contribution in [2.75, 3.05) is 0 Å². The fraction of sp³-hybridized carbons (Fsp3) is 0.143. The highest BCUT2D eigenvalue weighted by molar-refractivity contribution is 7.89. The van der Waals surface area contributed by atoms with Gasteiger partial charge in [0.25, 0.3) is 10.0 Å². The van der Waals surface area contributed by atoms with Gasteiger partial charge >= 0.3 is 0 Å². The molecule has 0 unspecified atom stereocenters. The summed E-state index contributed by atoms with van der Waals surface area (Å²) in [6, 6.07) is 6.30. The van der Waals surface area contributed by atoms with E-state index < -0.39 is 10.0 Å². The summed E-state index contributed by atoms with van der Waals surface area (Å²) in [6.07, 6.45) is 0. The molecule has 0 saturated carbocycles. The Kier molecular flexibility index (Phi) is 2.46. The Bertz CT molecular complexity index is 355. The van der Waals surface area contributed by atoms with Crippen molar-refractivity contribution in [3.05, 3.63) is 29.8 Å². The zero-order chi connectivity index (χ0) is 9.19. The first-order valence-corrected chi connectivity index (χ1v) is 4.80. The second kappa shape index (κ2) is 3.22. The number of benzene rings is 1. The van der Waals surface area contributed by atoms with Crippen LogP contribution in [0.3, 0.4) is 0 Å². The molecule has 1 rings (SSSR count). The van der Waals surface area contributed by atoms with Gasteiger partial charge in [-0.25, -0.2) is 8.42 Å². The molecule has 0 aromatic heterocycles. The molecule has 0 aliphatic rings. The van der Waals surface area contributed by atoms with Crippen LogP contribution in [-0.2, 0) is 10.0 Å². The molecule has 4 nitrogen and oxygen atoms in total. The zero-order valence-corrected chi connectivity index (χ0v) is 7.35. The van der Waals surface area contributed by atoms with Crippen LogP contribution in [0.25, 0.3) is 0 Å². The molecule has 5 heteroatoms. The highest BCUT2D eigenvalue weighted by Gasteiger charge is 2.10. The van der Waals surface area contributed by atoms with Gasteiger partial charge in [-0.3, -0.25) is 0 Å². The van der Waals surface area contributed by atoms with Gasteiger partial charge < -0.3 is 0 Å². The molecule has 0 fully saturated rings. The number of hydrogen-bond donors (Lipinski definition) is 1. The minimum atomic E-state index is -3.60. The van der Waals surface area contributed by atoms with E-state index in [1.54, 1.807) is 12.1 Å². The van der Waals surface area contributed by atoms with Crippen molar-refractivity contribution in [3.8, 4) is 0 Å². The molecule has 0 aliphatic carbocycles. The van der Waals surface area contributed by atoms with Gasteiger partial charge in [-0.05, 0) is 19.1 Å². The quantitative estimate of drug-likeness (QED) is 0.680. The van der Waals surface area contributed by atoms with E-state index >= 15 is 0 Å². The predicted molar refractivity (Wildman–Crippen MR) is 44.6 cm³/mol. The van der Waals surface area contributed by atoms with Gasteiger partial charge in [-0.15, -0.1) is 4.83 Å². The van der Waals surface area contributed by atoms with E-state index in [4.69, 9.17) is 5.84 Å². The van der Waals surface area contributed by atoms with Crippen LogP contribution in [0.1, 0.15) is 5.56 Å². The second-order valence-corrected chi connectivity index (χ2v) is 4.10. The predicted octanol–water partition coefficient (Wildman–Crippen LogP) is 0.471. The van der Waals surface area contributed by atoms with Crippen molar-refractivity contribution < 1.29 is 8.42 Å². The third-order valence-corrected chi connectivity index (χ3v) is 2.63. The normalized spacial score (nSPS) is 11.5. The lowest BCUT2D eigenvalue weighted by molar-refractivity contribution is 0.582. The van der Waals surface area contributed by atoms with Crippen LogP contribution in [0.15, 0.2) is 29.2 Å². The molecule has 65 valence electrons. The fourth-order valence-corrected chi connectivity index (χ4v) is 1.39. The molecular formula is C7H9N2O2S. The lowest BCUT2D eigenvalue weighted by Gasteiger charge is -2.00. The number of sulfonamides is 1. The maximum absolute atomic E-state index is 11.0. The third-order valence-electron chi connectivity index (χ3n) is 1.47. The van der Waals surface area contributed by atoms with Crippen molar-refractivity contribution in [2.24, 2.45) is 0 Å². The molecule has 0 spiro atoms.